The Morgan fingerprint density at radius 1 is 1.21 bits per heavy atom. The number of aromatic nitrogens is 2. The van der Waals surface area contributed by atoms with Gasteiger partial charge in [-0.1, -0.05) is 11.6 Å². The van der Waals surface area contributed by atoms with Gasteiger partial charge in [0, 0.05) is 24.2 Å². The van der Waals surface area contributed by atoms with Crippen molar-refractivity contribution in [2.45, 2.75) is 32.6 Å². The summed E-state index contributed by atoms with van der Waals surface area (Å²) in [7, 11) is 0. The molecule has 0 bridgehead atoms. The van der Waals surface area contributed by atoms with Gasteiger partial charge in [-0.05, 0) is 44.4 Å². The number of nitro benzene ring substituents is 1. The summed E-state index contributed by atoms with van der Waals surface area (Å²) < 4.78 is 23.9. The van der Waals surface area contributed by atoms with Crippen molar-refractivity contribution in [3.05, 3.63) is 57.6 Å². The highest BCUT2D eigenvalue weighted by molar-refractivity contribution is 6.31. The Hall–Kier alpha value is -3.53. The maximum atomic E-state index is 13.4. The molecule has 1 heterocycles. The first-order valence-corrected chi connectivity index (χ1v) is 10.7. The zero-order valence-corrected chi connectivity index (χ0v) is 18.6. The minimum atomic E-state index is -0.562. The van der Waals surface area contributed by atoms with Crippen LogP contribution in [0.2, 0.25) is 5.02 Å². The molecule has 11 heteroatoms. The number of nitro groups is 1. The number of ether oxygens (including phenoxy) is 2. The van der Waals surface area contributed by atoms with E-state index >= 15 is 0 Å². The smallest absolute Gasteiger partial charge is 0.311 e. The number of rotatable bonds is 11. The first-order valence-electron chi connectivity index (χ1n) is 10.3. The molecule has 0 aliphatic carbocycles. The lowest BCUT2D eigenvalue weighted by Gasteiger charge is -2.11. The van der Waals surface area contributed by atoms with Crippen molar-refractivity contribution in [1.29, 1.82) is 0 Å². The van der Waals surface area contributed by atoms with Crippen LogP contribution in [0.3, 0.4) is 0 Å². The van der Waals surface area contributed by atoms with Crippen molar-refractivity contribution in [3.63, 3.8) is 0 Å². The monoisotopic (exact) mass is 476 g/mol. The maximum absolute atomic E-state index is 13.4. The van der Waals surface area contributed by atoms with Crippen LogP contribution in [-0.2, 0) is 9.53 Å². The van der Waals surface area contributed by atoms with E-state index in [9.17, 15) is 19.3 Å². The number of halogens is 2. The molecular weight excluding hydrogens is 455 g/mol. The summed E-state index contributed by atoms with van der Waals surface area (Å²) in [6.07, 6.45) is 3.63. The van der Waals surface area contributed by atoms with Crippen molar-refractivity contribution in [2.75, 3.05) is 18.5 Å². The Labute approximate surface area is 194 Å². The Kier molecular flexibility index (Phi) is 8.31. The minimum absolute atomic E-state index is 0.0673. The van der Waals surface area contributed by atoms with Crippen LogP contribution in [0.1, 0.15) is 32.6 Å². The van der Waals surface area contributed by atoms with Crippen LogP contribution >= 0.6 is 11.6 Å². The molecule has 3 rings (SSSR count). The molecule has 174 valence electrons. The van der Waals surface area contributed by atoms with Gasteiger partial charge in [0.05, 0.1) is 34.1 Å². The molecule has 0 aliphatic heterocycles. The van der Waals surface area contributed by atoms with Crippen molar-refractivity contribution < 1.29 is 23.6 Å². The van der Waals surface area contributed by atoms with Gasteiger partial charge in [0.15, 0.2) is 5.75 Å². The summed E-state index contributed by atoms with van der Waals surface area (Å²) in [6.45, 7) is 2.36. The third-order valence-electron chi connectivity index (χ3n) is 4.68. The van der Waals surface area contributed by atoms with Crippen LogP contribution in [0.25, 0.3) is 10.9 Å². The zero-order valence-electron chi connectivity index (χ0n) is 17.8. The number of unbranched alkanes of at least 4 members (excludes halogenated alkanes) is 2. The van der Waals surface area contributed by atoms with Crippen LogP contribution in [0.15, 0.2) is 36.7 Å². The quantitative estimate of drug-likeness (QED) is 0.165. The third kappa shape index (κ3) is 6.48. The second kappa shape index (κ2) is 11.4. The van der Waals surface area contributed by atoms with E-state index in [0.717, 1.165) is 6.42 Å². The number of nitrogens with one attached hydrogen (secondary N) is 1. The number of anilines is 2. The Bertz CT molecular complexity index is 1160. The average Bonchev–Trinajstić information content (AvgIpc) is 2.78. The van der Waals surface area contributed by atoms with E-state index in [1.807, 2.05) is 0 Å². The van der Waals surface area contributed by atoms with Gasteiger partial charge >= 0.3 is 11.7 Å². The molecular formula is C22H22ClFN4O5. The van der Waals surface area contributed by atoms with E-state index in [-0.39, 0.29) is 29.0 Å². The number of fused-ring (bicyclic) bond motifs is 1. The number of hydrogen-bond acceptors (Lipinski definition) is 8. The van der Waals surface area contributed by atoms with Crippen molar-refractivity contribution >= 4 is 45.7 Å². The highest BCUT2D eigenvalue weighted by Gasteiger charge is 2.19. The Balaban J connectivity index is 1.73. The third-order valence-corrected chi connectivity index (χ3v) is 4.97. The Morgan fingerprint density at radius 2 is 2.03 bits per heavy atom. The van der Waals surface area contributed by atoms with Crippen LogP contribution in [0, 0.1) is 15.9 Å². The summed E-state index contributed by atoms with van der Waals surface area (Å²) in [5.74, 6) is -0.410. The van der Waals surface area contributed by atoms with E-state index in [1.54, 1.807) is 6.92 Å². The average molecular weight is 477 g/mol. The molecule has 0 saturated heterocycles. The lowest BCUT2D eigenvalue weighted by atomic mass is 10.2. The van der Waals surface area contributed by atoms with Crippen LogP contribution in [0.5, 0.6) is 5.75 Å². The van der Waals surface area contributed by atoms with Crippen molar-refractivity contribution in [3.8, 4) is 5.75 Å². The number of nitrogens with zero attached hydrogens (tertiary/aromatic N) is 3. The van der Waals surface area contributed by atoms with Gasteiger partial charge < -0.3 is 14.8 Å². The van der Waals surface area contributed by atoms with Crippen molar-refractivity contribution in [2.24, 2.45) is 0 Å². The molecule has 0 unspecified atom stereocenters. The van der Waals surface area contributed by atoms with E-state index in [1.165, 1.54) is 36.7 Å². The molecule has 0 saturated carbocycles. The molecule has 0 aliphatic rings. The van der Waals surface area contributed by atoms with Gasteiger partial charge in [0.25, 0.3) is 0 Å². The minimum Gasteiger partial charge on any atom is -0.487 e. The van der Waals surface area contributed by atoms with E-state index in [2.05, 4.69) is 15.3 Å². The van der Waals surface area contributed by atoms with Crippen LogP contribution in [-0.4, -0.2) is 34.1 Å². The van der Waals surface area contributed by atoms with Gasteiger partial charge in [-0.3, -0.25) is 14.9 Å². The van der Waals surface area contributed by atoms with Gasteiger partial charge in [-0.2, -0.15) is 0 Å². The lowest BCUT2D eigenvalue weighted by molar-refractivity contribution is -0.385. The molecule has 9 nitrogen and oxygen atoms in total. The number of hydrogen-bond donors (Lipinski definition) is 1. The molecule has 1 aromatic heterocycles. The molecule has 0 amide bonds. The summed E-state index contributed by atoms with van der Waals surface area (Å²) in [4.78, 5) is 30.8. The van der Waals surface area contributed by atoms with Gasteiger partial charge in [-0.25, -0.2) is 14.4 Å². The topological polar surface area (TPSA) is 116 Å². The molecule has 33 heavy (non-hydrogen) atoms. The Morgan fingerprint density at radius 3 is 2.76 bits per heavy atom. The van der Waals surface area contributed by atoms with Gasteiger partial charge in [0.2, 0.25) is 0 Å². The van der Waals surface area contributed by atoms with Crippen LogP contribution < -0.4 is 10.1 Å². The standard InChI is InChI=1S/C22H22ClFN4O5/c1-2-32-21(29)6-4-3-5-9-33-20-12-18-15(11-19(20)28(30)31)22(26-13-25-18)27-14-7-8-17(24)16(23)10-14/h7-8,10-13H,2-6,9H2,1H3,(H,25,26,27). The fraction of sp³-hybridized carbons (Fsp3) is 0.318. The van der Waals surface area contributed by atoms with E-state index in [0.29, 0.717) is 48.3 Å². The zero-order chi connectivity index (χ0) is 23.8. The lowest BCUT2D eigenvalue weighted by Crippen LogP contribution is -2.05. The van der Waals surface area contributed by atoms with Gasteiger partial charge in [0.1, 0.15) is 18.0 Å². The van der Waals surface area contributed by atoms with E-state index < -0.39 is 10.7 Å². The predicted octanol–water partition coefficient (Wildman–Crippen LogP) is 5.58. The molecule has 0 radical (unpaired) electrons. The molecule has 3 aromatic rings. The molecule has 1 N–H and O–H groups in total. The van der Waals surface area contributed by atoms with Gasteiger partial charge in [-0.15, -0.1) is 0 Å². The summed E-state index contributed by atoms with van der Waals surface area (Å²) in [6, 6.07) is 6.88. The molecule has 0 spiro atoms. The first-order chi connectivity index (χ1) is 15.9. The number of benzene rings is 2. The first kappa shape index (κ1) is 24.1. The van der Waals surface area contributed by atoms with Crippen LogP contribution in [0.4, 0.5) is 21.6 Å². The number of esters is 1. The van der Waals surface area contributed by atoms with Crippen molar-refractivity contribution in [1.82, 2.24) is 9.97 Å². The predicted molar refractivity (Wildman–Crippen MR) is 121 cm³/mol. The molecule has 0 fully saturated rings. The number of carbonyl (C=O) groups is 1. The summed E-state index contributed by atoms with van der Waals surface area (Å²) in [5, 5.41) is 15.0. The molecule has 2 aromatic carbocycles. The fourth-order valence-electron chi connectivity index (χ4n) is 3.10. The number of carbonyl (C=O) groups excluding carboxylic acids is 1. The molecule has 0 atom stereocenters. The second-order valence-corrected chi connectivity index (χ2v) is 7.44. The fourth-order valence-corrected chi connectivity index (χ4v) is 3.28. The normalized spacial score (nSPS) is 10.8. The highest BCUT2D eigenvalue weighted by atomic mass is 35.5. The largest absolute Gasteiger partial charge is 0.487 e. The summed E-state index contributed by atoms with van der Waals surface area (Å²) in [5.41, 5.74) is 0.667. The van der Waals surface area contributed by atoms with E-state index in [4.69, 9.17) is 21.1 Å². The highest BCUT2D eigenvalue weighted by Crippen LogP contribution is 2.35. The SMILES string of the molecule is CCOC(=O)CCCCCOc1cc2ncnc(Nc3ccc(F)c(Cl)c3)c2cc1[N+](=O)[O-]. The second-order valence-electron chi connectivity index (χ2n) is 7.03. The maximum Gasteiger partial charge on any atom is 0.311 e. The summed E-state index contributed by atoms with van der Waals surface area (Å²) >= 11 is 5.82.